The van der Waals surface area contributed by atoms with Crippen molar-refractivity contribution in [1.29, 1.82) is 0 Å². The number of aromatic nitrogens is 2. The van der Waals surface area contributed by atoms with E-state index in [0.717, 1.165) is 74.3 Å². The first-order valence-electron chi connectivity index (χ1n) is 12.5. The van der Waals surface area contributed by atoms with E-state index in [1.165, 1.54) is 0 Å². The van der Waals surface area contributed by atoms with Crippen LogP contribution in [-0.2, 0) is 16.0 Å². The van der Waals surface area contributed by atoms with Crippen LogP contribution < -0.4 is 15.8 Å². The lowest BCUT2D eigenvalue weighted by molar-refractivity contribution is 0.0341. The van der Waals surface area contributed by atoms with Crippen LogP contribution >= 0.6 is 0 Å². The fourth-order valence-corrected chi connectivity index (χ4v) is 4.96. The lowest BCUT2D eigenvalue weighted by atomic mass is 10.1. The minimum absolute atomic E-state index is 0.140. The Balaban J connectivity index is 1.42. The first-order valence-corrected chi connectivity index (χ1v) is 12.5. The molecular weight excluding hydrogens is 458 g/mol. The fourth-order valence-electron chi connectivity index (χ4n) is 4.96. The van der Waals surface area contributed by atoms with Crippen LogP contribution in [0.5, 0.6) is 0 Å². The predicted octanol–water partition coefficient (Wildman–Crippen LogP) is 2.93. The molecule has 1 unspecified atom stereocenters. The van der Waals surface area contributed by atoms with E-state index in [1.807, 2.05) is 43.3 Å². The molecule has 2 aromatic heterocycles. The third kappa shape index (κ3) is 5.59. The molecule has 0 radical (unpaired) electrons. The zero-order chi connectivity index (χ0) is 25.1. The van der Waals surface area contributed by atoms with Crippen molar-refractivity contribution in [3.8, 4) is 0 Å². The van der Waals surface area contributed by atoms with Crippen LogP contribution in [0.2, 0.25) is 0 Å². The summed E-state index contributed by atoms with van der Waals surface area (Å²) in [6.07, 6.45) is 4.08. The number of hydrogen-bond donors (Lipinski definition) is 2. The van der Waals surface area contributed by atoms with Gasteiger partial charge in [0.05, 0.1) is 24.9 Å². The van der Waals surface area contributed by atoms with Crippen molar-refractivity contribution in [2.75, 3.05) is 56.7 Å². The molecule has 0 saturated carbocycles. The number of H-pyrrole nitrogens is 1. The largest absolute Gasteiger partial charge is 0.379 e. The van der Waals surface area contributed by atoms with Gasteiger partial charge in [0.1, 0.15) is 5.82 Å². The van der Waals surface area contributed by atoms with Crippen LogP contribution in [0, 0.1) is 6.92 Å². The average Bonchev–Trinajstić information content (AvgIpc) is 3.38. The molecule has 0 aliphatic carbocycles. The number of hydrogen-bond acceptors (Lipinski definition) is 7. The Bertz CT molecular complexity index is 1300. The van der Waals surface area contributed by atoms with Crippen LogP contribution in [0.3, 0.4) is 0 Å². The number of carbonyl (C=O) groups is 1. The molecular formula is C27H33N5O4. The summed E-state index contributed by atoms with van der Waals surface area (Å²) in [7, 11) is 1.96. The van der Waals surface area contributed by atoms with Crippen LogP contribution in [-0.4, -0.2) is 73.4 Å². The van der Waals surface area contributed by atoms with E-state index in [4.69, 9.17) is 14.5 Å². The highest BCUT2D eigenvalue weighted by Gasteiger charge is 2.23. The van der Waals surface area contributed by atoms with Crippen LogP contribution in [0.15, 0.2) is 41.3 Å². The molecule has 2 aliphatic rings. The molecule has 3 aromatic rings. The number of aromatic amines is 1. The number of nitrogens with zero attached hydrogens (tertiary/aromatic N) is 3. The van der Waals surface area contributed by atoms with E-state index >= 15 is 0 Å². The lowest BCUT2D eigenvalue weighted by Crippen LogP contribution is -2.36. The zero-order valence-corrected chi connectivity index (χ0v) is 20.9. The fraction of sp³-hybridized carbons (Fsp3) is 0.444. The van der Waals surface area contributed by atoms with Gasteiger partial charge in [-0.2, -0.15) is 0 Å². The summed E-state index contributed by atoms with van der Waals surface area (Å²) in [4.78, 5) is 37.3. The quantitative estimate of drug-likeness (QED) is 0.524. The molecule has 2 aliphatic heterocycles. The molecule has 2 N–H and O–H groups in total. The van der Waals surface area contributed by atoms with Crippen molar-refractivity contribution in [3.63, 3.8) is 0 Å². The average molecular weight is 492 g/mol. The molecule has 36 heavy (non-hydrogen) atoms. The number of pyridine rings is 2. The minimum Gasteiger partial charge on any atom is -0.379 e. The van der Waals surface area contributed by atoms with E-state index in [9.17, 15) is 9.59 Å². The van der Waals surface area contributed by atoms with Gasteiger partial charge in [-0.1, -0.05) is 0 Å². The number of carbonyl (C=O) groups excluding carboxylic acids is 1. The number of benzene rings is 1. The second kappa shape index (κ2) is 10.8. The van der Waals surface area contributed by atoms with Gasteiger partial charge in [-0.05, 0) is 55.2 Å². The molecule has 0 bridgehead atoms. The van der Waals surface area contributed by atoms with Crippen LogP contribution in [0.4, 0.5) is 11.5 Å². The third-order valence-corrected chi connectivity index (χ3v) is 6.85. The van der Waals surface area contributed by atoms with Crippen LogP contribution in [0.25, 0.3) is 10.9 Å². The predicted molar refractivity (Wildman–Crippen MR) is 140 cm³/mol. The number of fused-ring (bicyclic) bond motifs is 1. The highest BCUT2D eigenvalue weighted by molar-refractivity contribution is 6.08. The molecule has 9 nitrogen and oxygen atoms in total. The normalized spacial score (nSPS) is 18.4. The second-order valence-corrected chi connectivity index (χ2v) is 9.65. The topological polar surface area (TPSA) is 99.8 Å². The number of ether oxygens (including phenoxy) is 2. The van der Waals surface area contributed by atoms with Crippen molar-refractivity contribution in [2.45, 2.75) is 32.4 Å². The number of morpholine rings is 1. The van der Waals surface area contributed by atoms with Crippen LogP contribution in [0.1, 0.15) is 34.3 Å². The molecule has 0 spiro atoms. The smallest absolute Gasteiger partial charge is 0.259 e. The summed E-state index contributed by atoms with van der Waals surface area (Å²) in [5, 5.41) is 3.94. The second-order valence-electron chi connectivity index (χ2n) is 9.65. The monoisotopic (exact) mass is 491 g/mol. The molecule has 2 saturated heterocycles. The van der Waals surface area contributed by atoms with E-state index in [2.05, 4.69) is 15.2 Å². The first kappa shape index (κ1) is 24.4. The van der Waals surface area contributed by atoms with Crippen molar-refractivity contribution in [1.82, 2.24) is 14.9 Å². The molecule has 1 atom stereocenters. The van der Waals surface area contributed by atoms with E-state index in [1.54, 1.807) is 12.1 Å². The Hall–Kier alpha value is -3.27. The molecule has 5 rings (SSSR count). The summed E-state index contributed by atoms with van der Waals surface area (Å²) < 4.78 is 11.3. The van der Waals surface area contributed by atoms with Gasteiger partial charge in [0, 0.05) is 68.7 Å². The van der Waals surface area contributed by atoms with Gasteiger partial charge in [-0.25, -0.2) is 4.98 Å². The Morgan fingerprint density at radius 1 is 1.22 bits per heavy atom. The summed E-state index contributed by atoms with van der Waals surface area (Å²) in [5.74, 6) is 0.414. The Morgan fingerprint density at radius 2 is 2.06 bits per heavy atom. The van der Waals surface area contributed by atoms with Gasteiger partial charge in [0.15, 0.2) is 0 Å². The number of rotatable bonds is 7. The first-order chi connectivity index (χ1) is 17.5. The van der Waals surface area contributed by atoms with E-state index < -0.39 is 0 Å². The van der Waals surface area contributed by atoms with Crippen molar-refractivity contribution < 1.29 is 14.3 Å². The van der Waals surface area contributed by atoms with Crippen molar-refractivity contribution >= 4 is 28.3 Å². The number of nitrogens with one attached hydrogen (secondary N) is 2. The van der Waals surface area contributed by atoms with E-state index in [-0.39, 0.29) is 17.6 Å². The number of aryl methyl sites for hydroxylation is 1. The molecule has 190 valence electrons. The number of anilines is 2. The molecule has 1 aromatic carbocycles. The van der Waals surface area contributed by atoms with Gasteiger partial charge in [-0.15, -0.1) is 0 Å². The third-order valence-electron chi connectivity index (χ3n) is 6.85. The highest BCUT2D eigenvalue weighted by atomic mass is 16.5. The maximum Gasteiger partial charge on any atom is 0.259 e. The summed E-state index contributed by atoms with van der Waals surface area (Å²) in [6, 6.07) is 9.01. The van der Waals surface area contributed by atoms with Gasteiger partial charge >= 0.3 is 0 Å². The lowest BCUT2D eigenvalue weighted by Gasteiger charge is -2.27. The SMILES string of the molecule is Cc1cc(=O)[nH]c2ccc(NC(=O)c3cc(CN4CCOCC4)cnc3N(C)CC3CCCO3)cc12. The van der Waals surface area contributed by atoms with Crippen molar-refractivity contribution in [2.24, 2.45) is 0 Å². The Kier molecular flexibility index (Phi) is 7.31. The number of likely N-dealkylation sites (N-methyl/N-ethyl adjacent to an activating group) is 1. The standard InChI is InChI=1S/C27H33N5O4/c1-18-12-25(33)30-24-6-5-20(14-22(18)24)29-27(34)23-13-19(16-32-7-10-35-11-8-32)15-28-26(23)31(2)17-21-4-3-9-36-21/h5-6,12-15,21H,3-4,7-11,16-17H2,1-2H3,(H,29,34)(H,30,33). The van der Waals surface area contributed by atoms with Gasteiger partial charge in [-0.3, -0.25) is 14.5 Å². The Morgan fingerprint density at radius 3 is 2.83 bits per heavy atom. The molecule has 1 amide bonds. The zero-order valence-electron chi connectivity index (χ0n) is 20.9. The molecule has 4 heterocycles. The highest BCUT2D eigenvalue weighted by Crippen LogP contribution is 2.25. The van der Waals surface area contributed by atoms with Gasteiger partial charge < -0.3 is 24.7 Å². The van der Waals surface area contributed by atoms with Gasteiger partial charge in [0.25, 0.3) is 5.91 Å². The van der Waals surface area contributed by atoms with E-state index in [0.29, 0.717) is 23.6 Å². The number of amides is 1. The Labute approximate surface area is 210 Å². The maximum atomic E-state index is 13.6. The summed E-state index contributed by atoms with van der Waals surface area (Å²) in [5.41, 5.74) is 3.63. The van der Waals surface area contributed by atoms with Gasteiger partial charge in [0.2, 0.25) is 5.56 Å². The molecule has 2 fully saturated rings. The molecule has 9 heteroatoms. The minimum atomic E-state index is -0.220. The maximum absolute atomic E-state index is 13.6. The summed E-state index contributed by atoms with van der Waals surface area (Å²) in [6.45, 7) is 7.23. The van der Waals surface area contributed by atoms with Crippen molar-refractivity contribution in [3.05, 3.63) is 63.6 Å². The summed E-state index contributed by atoms with van der Waals surface area (Å²) >= 11 is 0.